The monoisotopic (exact) mass is 377 g/mol. The third kappa shape index (κ3) is 2.90. The van der Waals surface area contributed by atoms with E-state index in [9.17, 15) is 14.7 Å². The van der Waals surface area contributed by atoms with Gasteiger partial charge in [0, 0.05) is 13.0 Å². The summed E-state index contributed by atoms with van der Waals surface area (Å²) in [5, 5.41) is 15.8. The fourth-order valence-electron chi connectivity index (χ4n) is 3.68. The minimum Gasteiger partial charge on any atom is -0.477 e. The summed E-state index contributed by atoms with van der Waals surface area (Å²) in [5.74, 6) is -1.24. The van der Waals surface area contributed by atoms with Crippen molar-refractivity contribution in [3.8, 4) is 11.1 Å². The highest BCUT2D eigenvalue weighted by Gasteiger charge is 2.29. The van der Waals surface area contributed by atoms with Crippen LogP contribution in [0.15, 0.2) is 48.5 Å². The van der Waals surface area contributed by atoms with Gasteiger partial charge in [-0.25, -0.2) is 9.59 Å². The van der Waals surface area contributed by atoms with Crippen LogP contribution in [-0.4, -0.2) is 33.6 Å². The van der Waals surface area contributed by atoms with Crippen LogP contribution in [0.25, 0.3) is 11.1 Å². The van der Waals surface area contributed by atoms with Crippen molar-refractivity contribution in [2.45, 2.75) is 12.8 Å². The zero-order valence-corrected chi connectivity index (χ0v) is 15.5. The Kier molecular flexibility index (Phi) is 4.35. The molecule has 0 spiro atoms. The molecule has 3 aromatic rings. The molecule has 0 unspecified atom stereocenters. The van der Waals surface area contributed by atoms with Gasteiger partial charge in [-0.15, -0.1) is 0 Å². The Morgan fingerprint density at radius 3 is 2.25 bits per heavy atom. The summed E-state index contributed by atoms with van der Waals surface area (Å²) in [6.45, 7) is 1.77. The molecule has 0 atom stereocenters. The molecule has 0 saturated heterocycles. The maximum Gasteiger partial charge on any atom is 0.412 e. The van der Waals surface area contributed by atoms with Crippen molar-refractivity contribution in [1.82, 2.24) is 9.78 Å². The third-order valence-corrected chi connectivity index (χ3v) is 5.11. The fraction of sp³-hybridized carbons (Fsp3) is 0.190. The normalized spacial score (nSPS) is 12.4. The van der Waals surface area contributed by atoms with Gasteiger partial charge in [-0.2, -0.15) is 5.10 Å². The number of carboxylic acids is 1. The van der Waals surface area contributed by atoms with E-state index in [1.54, 1.807) is 14.0 Å². The molecule has 2 aromatic carbocycles. The lowest BCUT2D eigenvalue weighted by Crippen LogP contribution is -2.19. The van der Waals surface area contributed by atoms with Gasteiger partial charge in [-0.3, -0.25) is 10.00 Å². The van der Waals surface area contributed by atoms with E-state index < -0.39 is 12.1 Å². The molecule has 28 heavy (non-hydrogen) atoms. The van der Waals surface area contributed by atoms with Gasteiger partial charge < -0.3 is 9.84 Å². The molecule has 1 aromatic heterocycles. The second-order valence-electron chi connectivity index (χ2n) is 6.69. The number of aryl methyl sites for hydroxylation is 1. The van der Waals surface area contributed by atoms with Crippen molar-refractivity contribution in [1.29, 1.82) is 0 Å². The average Bonchev–Trinajstić information content (AvgIpc) is 3.14. The van der Waals surface area contributed by atoms with Gasteiger partial charge in [0.2, 0.25) is 0 Å². The minimum atomic E-state index is -1.15. The van der Waals surface area contributed by atoms with Gasteiger partial charge in [0.1, 0.15) is 12.2 Å². The molecule has 2 N–H and O–H groups in total. The lowest BCUT2D eigenvalue weighted by molar-refractivity contribution is 0.0697. The first-order valence-corrected chi connectivity index (χ1v) is 8.86. The van der Waals surface area contributed by atoms with Gasteiger partial charge in [0.25, 0.3) is 0 Å². The van der Waals surface area contributed by atoms with Gasteiger partial charge in [-0.05, 0) is 29.2 Å². The summed E-state index contributed by atoms with van der Waals surface area (Å²) >= 11 is 0. The number of carbonyl (C=O) groups excluding carboxylic acids is 1. The summed E-state index contributed by atoms with van der Waals surface area (Å²) in [6, 6.07) is 16.1. The zero-order valence-electron chi connectivity index (χ0n) is 15.5. The second kappa shape index (κ2) is 6.84. The van der Waals surface area contributed by atoms with Crippen molar-refractivity contribution >= 4 is 17.9 Å². The number of nitrogens with zero attached hydrogens (tertiary/aromatic N) is 2. The van der Waals surface area contributed by atoms with E-state index in [4.69, 9.17) is 4.74 Å². The van der Waals surface area contributed by atoms with Crippen LogP contribution in [0.4, 0.5) is 10.6 Å². The predicted molar refractivity (Wildman–Crippen MR) is 104 cm³/mol. The Morgan fingerprint density at radius 1 is 1.11 bits per heavy atom. The van der Waals surface area contributed by atoms with E-state index in [-0.39, 0.29) is 23.9 Å². The number of anilines is 1. The SMILES string of the molecule is Cc1c(C(=O)O)c(NC(=O)OCC2c3ccccc3-c3ccccc32)nn1C. The number of carboxylic acid groups (broad SMARTS) is 1. The molecule has 142 valence electrons. The number of benzene rings is 2. The van der Waals surface area contributed by atoms with E-state index in [1.807, 2.05) is 36.4 Å². The number of aromatic nitrogens is 2. The van der Waals surface area contributed by atoms with Crippen LogP contribution in [0, 0.1) is 6.92 Å². The van der Waals surface area contributed by atoms with Crippen molar-refractivity contribution in [3.05, 3.63) is 70.9 Å². The number of hydrogen-bond donors (Lipinski definition) is 2. The number of rotatable bonds is 4. The number of aromatic carboxylic acids is 1. The highest BCUT2D eigenvalue weighted by molar-refractivity contribution is 5.98. The minimum absolute atomic E-state index is 0.0234. The molecule has 0 fully saturated rings. The van der Waals surface area contributed by atoms with Crippen molar-refractivity contribution in [2.75, 3.05) is 11.9 Å². The zero-order chi connectivity index (χ0) is 19.8. The Morgan fingerprint density at radius 2 is 1.68 bits per heavy atom. The topological polar surface area (TPSA) is 93.5 Å². The third-order valence-electron chi connectivity index (χ3n) is 5.11. The molecular weight excluding hydrogens is 358 g/mol. The smallest absolute Gasteiger partial charge is 0.412 e. The lowest BCUT2D eigenvalue weighted by Gasteiger charge is -2.14. The molecule has 0 saturated carbocycles. The molecule has 7 heteroatoms. The number of amides is 1. The van der Waals surface area contributed by atoms with Crippen LogP contribution in [0.5, 0.6) is 0 Å². The van der Waals surface area contributed by atoms with Crippen LogP contribution in [0.2, 0.25) is 0 Å². The Hall–Kier alpha value is -3.61. The molecule has 1 aliphatic rings. The van der Waals surface area contributed by atoms with E-state index in [0.29, 0.717) is 5.69 Å². The van der Waals surface area contributed by atoms with Crippen LogP contribution >= 0.6 is 0 Å². The summed E-state index contributed by atoms with van der Waals surface area (Å²) in [6.07, 6.45) is -0.734. The highest BCUT2D eigenvalue weighted by atomic mass is 16.5. The van der Waals surface area contributed by atoms with Crippen LogP contribution in [0.3, 0.4) is 0 Å². The maximum atomic E-state index is 12.3. The van der Waals surface area contributed by atoms with Gasteiger partial charge >= 0.3 is 12.1 Å². The molecular formula is C21H19N3O4. The summed E-state index contributed by atoms with van der Waals surface area (Å²) < 4.78 is 6.84. The lowest BCUT2D eigenvalue weighted by atomic mass is 9.98. The highest BCUT2D eigenvalue weighted by Crippen LogP contribution is 2.44. The maximum absolute atomic E-state index is 12.3. The summed E-state index contributed by atoms with van der Waals surface area (Å²) in [7, 11) is 1.62. The second-order valence-corrected chi connectivity index (χ2v) is 6.69. The quantitative estimate of drug-likeness (QED) is 0.722. The van der Waals surface area contributed by atoms with E-state index in [1.165, 1.54) is 4.68 Å². The van der Waals surface area contributed by atoms with Crippen LogP contribution in [-0.2, 0) is 11.8 Å². The Bertz CT molecular complexity index is 1040. The first kappa shape index (κ1) is 17.8. The molecule has 1 amide bonds. The summed E-state index contributed by atoms with van der Waals surface area (Å²) in [5.41, 5.74) is 4.89. The molecule has 7 nitrogen and oxygen atoms in total. The van der Waals surface area contributed by atoms with E-state index >= 15 is 0 Å². The van der Waals surface area contributed by atoms with E-state index in [0.717, 1.165) is 22.3 Å². The first-order chi connectivity index (χ1) is 13.5. The van der Waals surface area contributed by atoms with Crippen molar-refractivity contribution < 1.29 is 19.4 Å². The molecule has 0 radical (unpaired) electrons. The molecule has 1 aliphatic carbocycles. The standard InChI is InChI=1S/C21H19N3O4/c1-12-18(20(25)26)19(23-24(12)2)22-21(27)28-11-17-15-9-5-3-7-13(15)14-8-4-6-10-16(14)17/h3-10,17H,11H2,1-2H3,(H,25,26)(H,22,23,27). The van der Waals surface area contributed by atoms with Crippen LogP contribution < -0.4 is 5.32 Å². The number of carbonyl (C=O) groups is 2. The molecule has 1 heterocycles. The van der Waals surface area contributed by atoms with E-state index in [2.05, 4.69) is 22.5 Å². The molecule has 4 rings (SSSR count). The number of hydrogen-bond acceptors (Lipinski definition) is 4. The summed E-state index contributed by atoms with van der Waals surface area (Å²) in [4.78, 5) is 23.7. The molecule has 0 aliphatic heterocycles. The largest absolute Gasteiger partial charge is 0.477 e. The van der Waals surface area contributed by atoms with Gasteiger partial charge in [-0.1, -0.05) is 48.5 Å². The number of ether oxygens (including phenoxy) is 1. The average molecular weight is 377 g/mol. The molecule has 0 bridgehead atoms. The Balaban J connectivity index is 1.52. The van der Waals surface area contributed by atoms with Gasteiger partial charge in [0.15, 0.2) is 5.82 Å². The predicted octanol–water partition coefficient (Wildman–Crippen LogP) is 3.79. The fourth-order valence-corrected chi connectivity index (χ4v) is 3.68. The number of nitrogens with one attached hydrogen (secondary N) is 1. The number of fused-ring (bicyclic) bond motifs is 3. The van der Waals surface area contributed by atoms with Crippen molar-refractivity contribution in [3.63, 3.8) is 0 Å². The first-order valence-electron chi connectivity index (χ1n) is 8.86. The van der Waals surface area contributed by atoms with Gasteiger partial charge in [0.05, 0.1) is 5.69 Å². The Labute approximate surface area is 161 Å². The van der Waals surface area contributed by atoms with Crippen LogP contribution in [0.1, 0.15) is 33.1 Å². The van der Waals surface area contributed by atoms with Crippen molar-refractivity contribution in [2.24, 2.45) is 7.05 Å².